The van der Waals surface area contributed by atoms with Crippen LogP contribution in [0.5, 0.6) is 0 Å². The highest BCUT2D eigenvalue weighted by Gasteiger charge is 2.54. The number of aromatic nitrogens is 4. The molecule has 0 spiro atoms. The molecule has 2 aliphatic rings. The molecule has 17 nitrogen and oxygen atoms in total. The van der Waals surface area contributed by atoms with Gasteiger partial charge in [0.25, 0.3) is 11.8 Å². The van der Waals surface area contributed by atoms with Gasteiger partial charge in [-0.15, -0.1) is 11.8 Å². The third-order valence-electron chi connectivity index (χ3n) is 6.72. The lowest BCUT2D eigenvalue weighted by atomic mass is 10.0. The van der Waals surface area contributed by atoms with E-state index < -0.39 is 47.0 Å². The van der Waals surface area contributed by atoms with E-state index in [1.807, 2.05) is 0 Å². The summed E-state index contributed by atoms with van der Waals surface area (Å²) in [5.74, 6) is -3.94. The molecule has 0 bridgehead atoms. The van der Waals surface area contributed by atoms with Crippen LogP contribution in [0.15, 0.2) is 34.8 Å². The number of rotatable bonds is 11. The standard InChI is InChI=1S/C24H24ClN9O8S2/c1-9(21(38)39)42-31-13(12-16(25)44-24(27)29-12)18(36)28-14-19(37)34-15(22(40)41)10(8-43-20(14)34)7-32-4-2-3-11-17(32)30-23(26)33(11)5-6-35/h2-4,9,14,20,26,35H,5-8H2,1H3,(H5,27,28,29,36,38,39,40,41)/p+1/b31-13-/t9-,14?,20?/m0/s1. The fraction of sp³-hybridized carbons (Fsp3) is 0.333. The molecule has 0 aliphatic carbocycles. The zero-order chi connectivity index (χ0) is 31.9. The highest BCUT2D eigenvalue weighted by atomic mass is 35.5. The van der Waals surface area contributed by atoms with Crippen molar-refractivity contribution < 1.29 is 43.9 Å². The first kappa shape index (κ1) is 31.0. The number of carbonyl (C=O) groups excluding carboxylic acids is 2. The summed E-state index contributed by atoms with van der Waals surface area (Å²) in [5.41, 5.74) is 12.3. The van der Waals surface area contributed by atoms with Gasteiger partial charge in [-0.25, -0.2) is 19.1 Å². The molecule has 0 saturated carbocycles. The van der Waals surface area contributed by atoms with Gasteiger partial charge in [-0.2, -0.15) is 0 Å². The summed E-state index contributed by atoms with van der Waals surface area (Å²) in [6, 6.07) is 2.36. The summed E-state index contributed by atoms with van der Waals surface area (Å²) >= 11 is 8.23. The van der Waals surface area contributed by atoms with E-state index >= 15 is 0 Å². The molecule has 44 heavy (non-hydrogen) atoms. The van der Waals surface area contributed by atoms with Crippen LogP contribution in [0.4, 0.5) is 11.1 Å². The summed E-state index contributed by atoms with van der Waals surface area (Å²) in [6.07, 6.45) is 0.278. The van der Waals surface area contributed by atoms with Crippen molar-refractivity contribution >= 4 is 86.4 Å². The first-order valence-corrected chi connectivity index (χ1v) is 15.0. The first-order valence-electron chi connectivity index (χ1n) is 12.8. The molecule has 20 heteroatoms. The Morgan fingerprint density at radius 2 is 2.07 bits per heavy atom. The Hall–Kier alpha value is -4.46. The minimum absolute atomic E-state index is 0.00527. The number of nitrogens with one attached hydrogen (secondary N) is 1. The van der Waals surface area contributed by atoms with Crippen LogP contribution in [-0.4, -0.2) is 94.1 Å². The zero-order valence-corrected chi connectivity index (χ0v) is 25.1. The van der Waals surface area contributed by atoms with Crippen LogP contribution in [0.1, 0.15) is 12.6 Å². The molecular formula is C24H25ClN9O8S2+. The van der Waals surface area contributed by atoms with Gasteiger partial charge in [-0.3, -0.25) is 19.1 Å². The summed E-state index contributed by atoms with van der Waals surface area (Å²) in [4.78, 5) is 64.5. The molecule has 232 valence electrons. The predicted molar refractivity (Wildman–Crippen MR) is 157 cm³/mol. The zero-order valence-electron chi connectivity index (χ0n) is 22.7. The van der Waals surface area contributed by atoms with Gasteiger partial charge in [-0.1, -0.05) is 28.1 Å². The Balaban J connectivity index is 1.40. The molecule has 1 saturated heterocycles. The van der Waals surface area contributed by atoms with Crippen molar-refractivity contribution in [2.75, 3.05) is 23.8 Å². The van der Waals surface area contributed by atoms with E-state index in [0.29, 0.717) is 16.7 Å². The molecular weight excluding hydrogens is 642 g/mol. The maximum absolute atomic E-state index is 13.3. The molecule has 1 fully saturated rings. The fourth-order valence-corrected chi connectivity index (χ4v) is 6.93. The van der Waals surface area contributed by atoms with Crippen LogP contribution in [0.2, 0.25) is 4.34 Å². The number of thiazole rings is 1. The summed E-state index contributed by atoms with van der Waals surface area (Å²) < 4.78 is 3.31. The summed E-state index contributed by atoms with van der Waals surface area (Å²) in [5, 5.41) is 34.0. The number of anilines is 2. The van der Waals surface area contributed by atoms with Crippen molar-refractivity contribution in [3.8, 4) is 0 Å². The van der Waals surface area contributed by atoms with Gasteiger partial charge in [-0.05, 0) is 24.0 Å². The highest BCUT2D eigenvalue weighted by Crippen LogP contribution is 2.40. The Morgan fingerprint density at radius 3 is 2.70 bits per heavy atom. The number of aliphatic hydroxyl groups is 1. The van der Waals surface area contributed by atoms with Gasteiger partial charge >= 0.3 is 23.5 Å². The van der Waals surface area contributed by atoms with Crippen molar-refractivity contribution in [2.45, 2.75) is 37.5 Å². The van der Waals surface area contributed by atoms with E-state index in [-0.39, 0.29) is 52.3 Å². The van der Waals surface area contributed by atoms with Gasteiger partial charge in [0, 0.05) is 11.3 Å². The van der Waals surface area contributed by atoms with E-state index in [4.69, 9.17) is 33.0 Å². The fourth-order valence-electron chi connectivity index (χ4n) is 4.67. The second-order valence-corrected chi connectivity index (χ2v) is 12.2. The number of fused-ring (bicyclic) bond motifs is 2. The van der Waals surface area contributed by atoms with Crippen molar-refractivity contribution in [1.82, 2.24) is 24.8 Å². The molecule has 8 N–H and O–H groups in total. The Morgan fingerprint density at radius 1 is 1.32 bits per heavy atom. The average molecular weight is 667 g/mol. The van der Waals surface area contributed by atoms with E-state index in [9.17, 15) is 29.4 Å². The molecule has 3 aromatic heterocycles. The number of aliphatic carboxylic acids is 2. The van der Waals surface area contributed by atoms with Gasteiger partial charge in [0.2, 0.25) is 6.10 Å². The van der Waals surface area contributed by atoms with Gasteiger partial charge in [0.1, 0.15) is 39.2 Å². The van der Waals surface area contributed by atoms with E-state index in [1.165, 1.54) is 18.7 Å². The number of β-lactam (4-membered cyclic amide) rings is 1. The number of carbonyl (C=O) groups is 4. The molecule has 0 aromatic carbocycles. The number of thioether (sulfide) groups is 1. The SMILES string of the molecule is C[C@H](O/N=C(\C(=O)NC1C(=O)N2C(C(=O)O)=C(C[n+]3cccc4c3nc(N)n4CCO)CSC12)c1nc(N)sc1Cl)C(=O)O. The molecule has 2 unspecified atom stereocenters. The summed E-state index contributed by atoms with van der Waals surface area (Å²) in [7, 11) is 0. The van der Waals surface area contributed by atoms with Crippen LogP contribution in [0.25, 0.3) is 11.2 Å². The lowest BCUT2D eigenvalue weighted by Crippen LogP contribution is -2.71. The number of hydrogen-bond acceptors (Lipinski definition) is 13. The smallest absolute Gasteiger partial charge is 0.352 e. The Labute approximate surface area is 260 Å². The molecule has 2 amide bonds. The Bertz CT molecular complexity index is 1760. The van der Waals surface area contributed by atoms with E-state index in [2.05, 4.69) is 20.4 Å². The minimum Gasteiger partial charge on any atom is -0.478 e. The molecule has 5 rings (SSSR count). The first-order chi connectivity index (χ1) is 20.9. The van der Waals surface area contributed by atoms with E-state index in [1.54, 1.807) is 27.5 Å². The monoisotopic (exact) mass is 666 g/mol. The number of nitrogens with two attached hydrogens (primary N) is 2. The quantitative estimate of drug-likeness (QED) is 0.0637. The number of nitrogens with zero attached hydrogens (tertiary/aromatic N) is 6. The van der Waals surface area contributed by atoms with Crippen LogP contribution in [0, 0.1) is 0 Å². The molecule has 3 atom stereocenters. The van der Waals surface area contributed by atoms with Crippen LogP contribution in [0.3, 0.4) is 0 Å². The van der Waals surface area contributed by atoms with Crippen molar-refractivity contribution in [2.24, 2.45) is 5.16 Å². The maximum atomic E-state index is 13.3. The lowest BCUT2D eigenvalue weighted by molar-refractivity contribution is -0.664. The second kappa shape index (κ2) is 12.3. The average Bonchev–Trinajstić information content (AvgIpc) is 3.48. The van der Waals surface area contributed by atoms with E-state index in [0.717, 1.165) is 16.2 Å². The number of aliphatic hydroxyl groups excluding tert-OH is 1. The van der Waals surface area contributed by atoms with Crippen molar-refractivity contribution in [1.29, 1.82) is 0 Å². The molecule has 5 heterocycles. The number of carboxylic acid groups (broad SMARTS) is 2. The Kier molecular flexibility index (Phi) is 8.64. The maximum Gasteiger partial charge on any atom is 0.352 e. The third-order valence-corrected chi connectivity index (χ3v) is 9.14. The van der Waals surface area contributed by atoms with Gasteiger partial charge < -0.3 is 36.9 Å². The number of carboxylic acids is 2. The number of hydrogen-bond donors (Lipinski definition) is 6. The van der Waals surface area contributed by atoms with Crippen LogP contribution < -0.4 is 21.4 Å². The third kappa shape index (κ3) is 5.61. The number of pyridine rings is 1. The normalized spacial score (nSPS) is 19.0. The molecule has 3 aromatic rings. The number of oxime groups is 1. The molecule has 2 aliphatic heterocycles. The highest BCUT2D eigenvalue weighted by molar-refractivity contribution is 8.00. The second-order valence-electron chi connectivity index (χ2n) is 9.51. The number of halogens is 1. The lowest BCUT2D eigenvalue weighted by Gasteiger charge is -2.49. The minimum atomic E-state index is -1.42. The van der Waals surface area contributed by atoms with Crippen molar-refractivity contribution in [3.05, 3.63) is 39.6 Å². The number of amides is 2. The van der Waals surface area contributed by atoms with Gasteiger partial charge in [0.15, 0.2) is 10.8 Å². The van der Waals surface area contributed by atoms with Gasteiger partial charge in [0.05, 0.1) is 19.3 Å². The molecule has 0 radical (unpaired) electrons. The van der Waals surface area contributed by atoms with Crippen LogP contribution >= 0.6 is 34.7 Å². The van der Waals surface area contributed by atoms with Crippen molar-refractivity contribution in [3.63, 3.8) is 0 Å². The van der Waals surface area contributed by atoms with Crippen LogP contribution in [-0.2, 0) is 37.1 Å². The topological polar surface area (TPSA) is 252 Å². The summed E-state index contributed by atoms with van der Waals surface area (Å²) in [6.45, 7) is 1.34. The number of imidazole rings is 1. The predicted octanol–water partition coefficient (Wildman–Crippen LogP) is -0.777. The number of nitrogen functional groups attached to an aromatic ring is 2. The largest absolute Gasteiger partial charge is 0.478 e.